The Hall–Kier alpha value is -2.13. The highest BCUT2D eigenvalue weighted by molar-refractivity contribution is 6.03. The summed E-state index contributed by atoms with van der Waals surface area (Å²) in [7, 11) is 0. The van der Waals surface area contributed by atoms with Crippen molar-refractivity contribution in [3.63, 3.8) is 0 Å². The number of aryl methyl sites for hydroxylation is 2. The number of benzene rings is 2. The number of nitrogens with one attached hydrogen (secondary N) is 1. The normalized spacial score (nSPS) is 17.7. The lowest BCUT2D eigenvalue weighted by molar-refractivity contribution is -0.117. The van der Waals surface area contributed by atoms with Crippen LogP contribution in [-0.2, 0) is 11.2 Å². The van der Waals surface area contributed by atoms with Gasteiger partial charge in [0.2, 0.25) is 5.91 Å². The molecule has 1 aliphatic heterocycles. The molecule has 120 valence electrons. The molecular weight excluding hydrogens is 284 g/mol. The Morgan fingerprint density at radius 3 is 2.61 bits per heavy atom. The second-order valence-corrected chi connectivity index (χ2v) is 6.34. The number of carbonyl (C=O) groups excluding carboxylic acids is 1. The fraction of sp³-hybridized carbons (Fsp3) is 0.350. The van der Waals surface area contributed by atoms with Gasteiger partial charge in [0.25, 0.3) is 0 Å². The van der Waals surface area contributed by atoms with Crippen LogP contribution in [0.4, 0.5) is 5.69 Å². The molecular formula is C20H24N2O. The van der Waals surface area contributed by atoms with Gasteiger partial charge in [-0.3, -0.25) is 4.79 Å². The molecule has 0 fully saturated rings. The summed E-state index contributed by atoms with van der Waals surface area (Å²) in [6.45, 7) is 6.24. The number of anilines is 1. The molecule has 0 spiro atoms. The zero-order chi connectivity index (χ0) is 16.6. The van der Waals surface area contributed by atoms with E-state index in [1.54, 1.807) is 0 Å². The molecule has 3 nitrogen and oxygen atoms in total. The van der Waals surface area contributed by atoms with Crippen molar-refractivity contribution in [2.45, 2.75) is 45.6 Å². The van der Waals surface area contributed by atoms with E-state index in [0.717, 1.165) is 35.2 Å². The van der Waals surface area contributed by atoms with E-state index in [0.29, 0.717) is 0 Å². The molecule has 0 radical (unpaired) electrons. The van der Waals surface area contributed by atoms with Gasteiger partial charge in [0.15, 0.2) is 0 Å². The lowest BCUT2D eigenvalue weighted by atomic mass is 9.89. The van der Waals surface area contributed by atoms with Gasteiger partial charge in [-0.25, -0.2) is 0 Å². The van der Waals surface area contributed by atoms with Crippen LogP contribution in [0.25, 0.3) is 0 Å². The molecule has 1 heterocycles. The minimum absolute atomic E-state index is 0.0556. The number of carbonyl (C=O) groups is 1. The van der Waals surface area contributed by atoms with Crippen LogP contribution in [0.3, 0.4) is 0 Å². The standard InChI is InChI=1S/C20H24N2O/c1-4-13-10-15(18(21)14-8-6-7-12(3)9-14)11-17-16(5-2)20(23)22-19(13)17/h6-11,16,18H,4-5,21H2,1-3H3,(H,22,23). The lowest BCUT2D eigenvalue weighted by Gasteiger charge is -2.18. The van der Waals surface area contributed by atoms with Gasteiger partial charge in [0.05, 0.1) is 12.0 Å². The second kappa shape index (κ2) is 6.17. The SMILES string of the molecule is CCc1cc(C(N)c2cccc(C)c2)cc2c1NC(=O)C2CC. The average Bonchev–Trinajstić information content (AvgIpc) is 2.88. The van der Waals surface area contributed by atoms with Crippen LogP contribution < -0.4 is 11.1 Å². The number of amides is 1. The van der Waals surface area contributed by atoms with E-state index in [4.69, 9.17) is 5.73 Å². The summed E-state index contributed by atoms with van der Waals surface area (Å²) in [6, 6.07) is 12.4. The topological polar surface area (TPSA) is 55.1 Å². The van der Waals surface area contributed by atoms with Crippen molar-refractivity contribution < 1.29 is 4.79 Å². The molecule has 0 aromatic heterocycles. The van der Waals surface area contributed by atoms with Gasteiger partial charge in [-0.1, -0.05) is 55.8 Å². The maximum Gasteiger partial charge on any atom is 0.232 e. The third-order valence-electron chi connectivity index (χ3n) is 4.76. The first-order valence-corrected chi connectivity index (χ1v) is 8.34. The molecule has 3 rings (SSSR count). The van der Waals surface area contributed by atoms with E-state index in [1.165, 1.54) is 11.1 Å². The predicted molar refractivity (Wildman–Crippen MR) is 94.7 cm³/mol. The van der Waals surface area contributed by atoms with Gasteiger partial charge >= 0.3 is 0 Å². The van der Waals surface area contributed by atoms with E-state index in [1.807, 2.05) is 6.07 Å². The maximum atomic E-state index is 12.2. The quantitative estimate of drug-likeness (QED) is 0.895. The molecule has 1 amide bonds. The Balaban J connectivity index is 2.08. The first-order chi connectivity index (χ1) is 11.0. The van der Waals surface area contributed by atoms with Gasteiger partial charge < -0.3 is 11.1 Å². The molecule has 0 saturated carbocycles. The molecule has 0 bridgehead atoms. The van der Waals surface area contributed by atoms with Crippen LogP contribution in [0.1, 0.15) is 60.0 Å². The minimum Gasteiger partial charge on any atom is -0.325 e. The summed E-state index contributed by atoms with van der Waals surface area (Å²) < 4.78 is 0. The van der Waals surface area contributed by atoms with Gasteiger partial charge in [0, 0.05) is 5.69 Å². The first kappa shape index (κ1) is 15.8. The van der Waals surface area contributed by atoms with Crippen LogP contribution in [0.15, 0.2) is 36.4 Å². The van der Waals surface area contributed by atoms with Gasteiger partial charge in [-0.2, -0.15) is 0 Å². The number of fused-ring (bicyclic) bond motifs is 1. The van der Waals surface area contributed by atoms with Crippen LogP contribution in [0.5, 0.6) is 0 Å². The third kappa shape index (κ3) is 2.77. The summed E-state index contributed by atoms with van der Waals surface area (Å²) in [5, 5.41) is 3.05. The Kier molecular flexibility index (Phi) is 4.22. The maximum absolute atomic E-state index is 12.2. The second-order valence-electron chi connectivity index (χ2n) is 6.34. The zero-order valence-corrected chi connectivity index (χ0v) is 14.0. The van der Waals surface area contributed by atoms with Crippen molar-refractivity contribution >= 4 is 11.6 Å². The number of hydrogen-bond acceptors (Lipinski definition) is 2. The van der Waals surface area contributed by atoms with Crippen LogP contribution in [-0.4, -0.2) is 5.91 Å². The smallest absolute Gasteiger partial charge is 0.232 e. The average molecular weight is 308 g/mol. The Labute approximate surface area is 137 Å². The highest BCUT2D eigenvalue weighted by Gasteiger charge is 2.31. The third-order valence-corrected chi connectivity index (χ3v) is 4.76. The molecule has 0 aliphatic carbocycles. The monoisotopic (exact) mass is 308 g/mol. The van der Waals surface area contributed by atoms with E-state index >= 15 is 0 Å². The fourth-order valence-electron chi connectivity index (χ4n) is 3.45. The summed E-state index contributed by atoms with van der Waals surface area (Å²) in [6.07, 6.45) is 1.69. The molecule has 3 heteroatoms. The molecule has 1 aliphatic rings. The van der Waals surface area contributed by atoms with Crippen molar-refractivity contribution in [3.8, 4) is 0 Å². The molecule has 2 atom stereocenters. The first-order valence-electron chi connectivity index (χ1n) is 8.34. The van der Waals surface area contributed by atoms with Gasteiger partial charge in [-0.05, 0) is 42.0 Å². The van der Waals surface area contributed by atoms with Crippen molar-refractivity contribution in [1.29, 1.82) is 0 Å². The molecule has 2 aromatic carbocycles. The van der Waals surface area contributed by atoms with E-state index in [2.05, 4.69) is 56.4 Å². The van der Waals surface area contributed by atoms with E-state index < -0.39 is 0 Å². The van der Waals surface area contributed by atoms with Crippen molar-refractivity contribution in [2.24, 2.45) is 5.73 Å². The Morgan fingerprint density at radius 2 is 1.96 bits per heavy atom. The number of nitrogens with two attached hydrogens (primary N) is 1. The molecule has 3 N–H and O–H groups in total. The van der Waals surface area contributed by atoms with E-state index in [9.17, 15) is 4.79 Å². The van der Waals surface area contributed by atoms with Crippen molar-refractivity contribution in [2.75, 3.05) is 5.32 Å². The lowest BCUT2D eigenvalue weighted by Crippen LogP contribution is -2.13. The zero-order valence-electron chi connectivity index (χ0n) is 14.0. The van der Waals surface area contributed by atoms with Gasteiger partial charge in [-0.15, -0.1) is 0 Å². The highest BCUT2D eigenvalue weighted by Crippen LogP contribution is 2.39. The van der Waals surface area contributed by atoms with Crippen LogP contribution in [0.2, 0.25) is 0 Å². The fourth-order valence-corrected chi connectivity index (χ4v) is 3.45. The molecule has 23 heavy (non-hydrogen) atoms. The molecule has 0 saturated heterocycles. The van der Waals surface area contributed by atoms with Crippen LogP contribution in [0, 0.1) is 6.92 Å². The van der Waals surface area contributed by atoms with Crippen molar-refractivity contribution in [1.82, 2.24) is 0 Å². The molecule has 2 aromatic rings. The van der Waals surface area contributed by atoms with Crippen molar-refractivity contribution in [3.05, 3.63) is 64.2 Å². The number of rotatable bonds is 4. The largest absolute Gasteiger partial charge is 0.325 e. The minimum atomic E-state index is -0.168. The van der Waals surface area contributed by atoms with Crippen LogP contribution >= 0.6 is 0 Å². The Morgan fingerprint density at radius 1 is 1.17 bits per heavy atom. The van der Waals surface area contributed by atoms with E-state index in [-0.39, 0.29) is 17.9 Å². The molecule has 2 unspecified atom stereocenters. The number of hydrogen-bond donors (Lipinski definition) is 2. The predicted octanol–water partition coefficient (Wildman–Crippen LogP) is 4.05. The highest BCUT2D eigenvalue weighted by atomic mass is 16.2. The summed E-state index contributed by atoms with van der Waals surface area (Å²) in [5.41, 5.74) is 13.2. The van der Waals surface area contributed by atoms with Gasteiger partial charge in [0.1, 0.15) is 0 Å². The Bertz CT molecular complexity index is 751. The summed E-state index contributed by atoms with van der Waals surface area (Å²) in [5.74, 6) is 0.0541. The summed E-state index contributed by atoms with van der Waals surface area (Å²) in [4.78, 5) is 12.2. The summed E-state index contributed by atoms with van der Waals surface area (Å²) >= 11 is 0.